The van der Waals surface area contributed by atoms with Crippen LogP contribution < -0.4 is 5.32 Å². The lowest BCUT2D eigenvalue weighted by Gasteiger charge is -2.27. The Morgan fingerprint density at radius 1 is 1.29 bits per heavy atom. The van der Waals surface area contributed by atoms with Gasteiger partial charge >= 0.3 is 5.97 Å². The van der Waals surface area contributed by atoms with Crippen molar-refractivity contribution < 1.29 is 19.5 Å². The minimum Gasteiger partial charge on any atom is -0.475 e. The summed E-state index contributed by atoms with van der Waals surface area (Å²) in [6, 6.07) is 0. The third-order valence-corrected chi connectivity index (χ3v) is 3.53. The van der Waals surface area contributed by atoms with E-state index in [1.54, 1.807) is 6.92 Å². The normalized spacial score (nSPS) is 19.6. The van der Waals surface area contributed by atoms with Crippen LogP contribution in [0, 0.1) is 5.92 Å². The molecule has 0 aliphatic heterocycles. The van der Waals surface area contributed by atoms with Gasteiger partial charge in [0.15, 0.2) is 0 Å². The van der Waals surface area contributed by atoms with Gasteiger partial charge in [0.05, 0.1) is 0 Å². The number of carboxylic acid groups (broad SMARTS) is 1. The van der Waals surface area contributed by atoms with Gasteiger partial charge in [-0.3, -0.25) is 9.59 Å². The summed E-state index contributed by atoms with van der Waals surface area (Å²) in [6.07, 6.45) is 3.97. The minimum atomic E-state index is -1.50. The highest BCUT2D eigenvalue weighted by molar-refractivity contribution is 6.36. The highest BCUT2D eigenvalue weighted by Crippen LogP contribution is 2.25. The first-order chi connectivity index (χ1) is 7.90. The maximum absolute atomic E-state index is 11.9. The highest BCUT2D eigenvalue weighted by Gasteiger charge is 2.39. The Morgan fingerprint density at radius 3 is 2.24 bits per heavy atom. The average molecular weight is 241 g/mol. The summed E-state index contributed by atoms with van der Waals surface area (Å²) in [6.45, 7) is 3.16. The van der Waals surface area contributed by atoms with E-state index in [2.05, 4.69) is 5.32 Å². The lowest BCUT2D eigenvalue weighted by Crippen LogP contribution is -2.55. The molecule has 1 amide bonds. The standard InChI is InChI=1S/C12H19NO4/c1-3-12(2,9(14)11(16)17)13-10(15)8-6-4-5-7-8/h8H,3-7H2,1-2H3,(H,13,15)(H,16,17). The molecule has 0 aromatic heterocycles. The molecule has 1 atom stereocenters. The molecule has 96 valence electrons. The number of aliphatic carboxylic acids is 1. The van der Waals surface area contributed by atoms with Crippen LogP contribution in [0.15, 0.2) is 0 Å². The number of Topliss-reactive ketones (excluding diaryl/α,β-unsaturated/α-hetero) is 1. The average Bonchev–Trinajstić information content (AvgIpc) is 2.81. The zero-order chi connectivity index (χ0) is 13.1. The second-order valence-corrected chi connectivity index (χ2v) is 4.79. The molecule has 1 aliphatic rings. The third kappa shape index (κ3) is 3.05. The predicted octanol–water partition coefficient (Wildman–Crippen LogP) is 1.12. The Kier molecular flexibility index (Phi) is 4.26. The molecule has 0 bridgehead atoms. The Morgan fingerprint density at radius 2 is 1.82 bits per heavy atom. The molecule has 0 heterocycles. The summed E-state index contributed by atoms with van der Waals surface area (Å²) >= 11 is 0. The molecule has 1 saturated carbocycles. The quantitative estimate of drug-likeness (QED) is 0.706. The number of rotatable bonds is 5. The molecule has 1 fully saturated rings. The summed E-state index contributed by atoms with van der Waals surface area (Å²) in [4.78, 5) is 34.1. The predicted molar refractivity (Wildman–Crippen MR) is 61.4 cm³/mol. The number of carbonyl (C=O) groups excluding carboxylic acids is 2. The van der Waals surface area contributed by atoms with Crippen molar-refractivity contribution in [2.45, 2.75) is 51.5 Å². The van der Waals surface area contributed by atoms with Gasteiger partial charge in [-0.25, -0.2) is 4.79 Å². The Bertz CT molecular complexity index is 333. The van der Waals surface area contributed by atoms with Crippen molar-refractivity contribution in [3.63, 3.8) is 0 Å². The number of amides is 1. The van der Waals surface area contributed by atoms with E-state index in [4.69, 9.17) is 5.11 Å². The summed E-state index contributed by atoms with van der Waals surface area (Å²) in [7, 11) is 0. The van der Waals surface area contributed by atoms with Gasteiger partial charge in [-0.1, -0.05) is 19.8 Å². The number of hydrogen-bond donors (Lipinski definition) is 2. The highest BCUT2D eigenvalue weighted by atomic mass is 16.4. The van der Waals surface area contributed by atoms with Crippen molar-refractivity contribution >= 4 is 17.7 Å². The number of ketones is 1. The van der Waals surface area contributed by atoms with Crippen LogP contribution in [0.2, 0.25) is 0 Å². The van der Waals surface area contributed by atoms with Crippen molar-refractivity contribution in [2.75, 3.05) is 0 Å². The zero-order valence-corrected chi connectivity index (χ0v) is 10.3. The van der Waals surface area contributed by atoms with Crippen LogP contribution in [0.4, 0.5) is 0 Å². The lowest BCUT2D eigenvalue weighted by molar-refractivity contribution is -0.153. The maximum atomic E-state index is 11.9. The third-order valence-electron chi connectivity index (χ3n) is 3.53. The van der Waals surface area contributed by atoms with E-state index in [-0.39, 0.29) is 18.2 Å². The van der Waals surface area contributed by atoms with Crippen molar-refractivity contribution in [1.82, 2.24) is 5.32 Å². The fourth-order valence-corrected chi connectivity index (χ4v) is 2.10. The summed E-state index contributed by atoms with van der Waals surface area (Å²) < 4.78 is 0. The van der Waals surface area contributed by atoms with Gasteiger partial charge in [-0.2, -0.15) is 0 Å². The molecular weight excluding hydrogens is 222 g/mol. The second kappa shape index (κ2) is 5.29. The van der Waals surface area contributed by atoms with Crippen LogP contribution in [0.5, 0.6) is 0 Å². The first-order valence-corrected chi connectivity index (χ1v) is 6.00. The van der Waals surface area contributed by atoms with Crippen molar-refractivity contribution in [3.8, 4) is 0 Å². The van der Waals surface area contributed by atoms with Gasteiger partial charge in [0.2, 0.25) is 5.91 Å². The van der Waals surface area contributed by atoms with Crippen molar-refractivity contribution in [3.05, 3.63) is 0 Å². The van der Waals surface area contributed by atoms with Crippen LogP contribution in [0.25, 0.3) is 0 Å². The summed E-state index contributed by atoms with van der Waals surface area (Å²) in [5, 5.41) is 11.3. The molecule has 1 unspecified atom stereocenters. The molecule has 0 aromatic rings. The van der Waals surface area contributed by atoms with E-state index >= 15 is 0 Å². The van der Waals surface area contributed by atoms with Crippen LogP contribution in [0.3, 0.4) is 0 Å². The summed E-state index contributed by atoms with van der Waals surface area (Å²) in [5.74, 6) is -2.71. The fourth-order valence-electron chi connectivity index (χ4n) is 2.10. The van der Waals surface area contributed by atoms with Crippen LogP contribution in [-0.2, 0) is 14.4 Å². The van der Waals surface area contributed by atoms with Crippen LogP contribution >= 0.6 is 0 Å². The fraction of sp³-hybridized carbons (Fsp3) is 0.750. The molecule has 1 rings (SSSR count). The number of hydrogen-bond acceptors (Lipinski definition) is 3. The van der Waals surface area contributed by atoms with Gasteiger partial charge in [0, 0.05) is 5.92 Å². The monoisotopic (exact) mass is 241 g/mol. The van der Waals surface area contributed by atoms with Gasteiger partial charge in [-0.05, 0) is 26.2 Å². The molecule has 2 N–H and O–H groups in total. The molecule has 5 nitrogen and oxygen atoms in total. The molecule has 0 saturated heterocycles. The molecule has 1 aliphatic carbocycles. The molecule has 17 heavy (non-hydrogen) atoms. The smallest absolute Gasteiger partial charge is 0.374 e. The van der Waals surface area contributed by atoms with Gasteiger partial charge in [0.1, 0.15) is 5.54 Å². The summed E-state index contributed by atoms with van der Waals surface area (Å²) in [5.41, 5.74) is -1.29. The van der Waals surface area contributed by atoms with Crippen molar-refractivity contribution in [2.24, 2.45) is 5.92 Å². The van der Waals surface area contributed by atoms with E-state index in [0.717, 1.165) is 25.7 Å². The lowest BCUT2D eigenvalue weighted by atomic mass is 9.92. The zero-order valence-electron chi connectivity index (χ0n) is 10.3. The Labute approximate surface area is 101 Å². The van der Waals surface area contributed by atoms with Crippen molar-refractivity contribution in [1.29, 1.82) is 0 Å². The Hall–Kier alpha value is -1.39. The first-order valence-electron chi connectivity index (χ1n) is 6.00. The Balaban J connectivity index is 2.70. The first kappa shape index (κ1) is 13.7. The maximum Gasteiger partial charge on any atom is 0.374 e. The second-order valence-electron chi connectivity index (χ2n) is 4.79. The van der Waals surface area contributed by atoms with Gasteiger partial charge in [0.25, 0.3) is 5.78 Å². The largest absolute Gasteiger partial charge is 0.475 e. The minimum absolute atomic E-state index is 0.0672. The van der Waals surface area contributed by atoms with E-state index in [9.17, 15) is 14.4 Å². The van der Waals surface area contributed by atoms with Crippen LogP contribution in [-0.4, -0.2) is 28.3 Å². The topological polar surface area (TPSA) is 83.5 Å². The number of nitrogens with one attached hydrogen (secondary N) is 1. The van der Waals surface area contributed by atoms with E-state index in [1.807, 2.05) is 0 Å². The molecule has 5 heteroatoms. The molecular formula is C12H19NO4. The van der Waals surface area contributed by atoms with Gasteiger partial charge in [-0.15, -0.1) is 0 Å². The van der Waals surface area contributed by atoms with E-state index < -0.39 is 17.3 Å². The van der Waals surface area contributed by atoms with Gasteiger partial charge < -0.3 is 10.4 Å². The van der Waals surface area contributed by atoms with E-state index in [0.29, 0.717) is 0 Å². The molecule has 0 aromatic carbocycles. The SMILES string of the molecule is CCC(C)(NC(=O)C1CCCC1)C(=O)C(=O)O. The molecule has 0 spiro atoms. The molecule has 0 radical (unpaired) electrons. The number of carboxylic acids is 1. The van der Waals surface area contributed by atoms with E-state index in [1.165, 1.54) is 6.92 Å². The van der Waals surface area contributed by atoms with Crippen LogP contribution in [0.1, 0.15) is 46.0 Å². The number of carbonyl (C=O) groups is 3.